The second-order valence-electron chi connectivity index (χ2n) is 5.09. The molecule has 0 saturated carbocycles. The fourth-order valence-corrected chi connectivity index (χ4v) is 2.71. The molecule has 2 aliphatic rings. The predicted molar refractivity (Wildman–Crippen MR) is 80.1 cm³/mol. The quantitative estimate of drug-likeness (QED) is 0.731. The van der Waals surface area contributed by atoms with Crippen LogP contribution in [0.4, 0.5) is 11.5 Å². The van der Waals surface area contributed by atoms with Gasteiger partial charge in [-0.05, 0) is 13.0 Å². The fraction of sp³-hybridized carbons (Fsp3) is 0.214. The minimum absolute atomic E-state index is 0.0988. The number of fused-ring (bicyclic) bond motifs is 5. The third-order valence-electron chi connectivity index (χ3n) is 3.67. The summed E-state index contributed by atoms with van der Waals surface area (Å²) in [5.74, 6) is 0.813. The average Bonchev–Trinajstić information content (AvgIpc) is 2.69. The number of para-hydroxylation sites is 1. The molecule has 0 radical (unpaired) electrons. The van der Waals surface area contributed by atoms with Crippen LogP contribution in [0.3, 0.4) is 0 Å². The van der Waals surface area contributed by atoms with E-state index in [1.54, 1.807) is 6.92 Å². The highest BCUT2D eigenvalue weighted by molar-refractivity contribution is 6.24. The van der Waals surface area contributed by atoms with Crippen molar-refractivity contribution < 1.29 is 4.79 Å². The number of amides is 1. The molecule has 1 aromatic carbocycles. The van der Waals surface area contributed by atoms with Gasteiger partial charge in [0, 0.05) is 18.1 Å². The van der Waals surface area contributed by atoms with Crippen LogP contribution in [0.1, 0.15) is 13.3 Å². The molecule has 104 valence electrons. The number of rotatable bonds is 0. The highest BCUT2D eigenvalue weighted by atomic mass is 16.2. The summed E-state index contributed by atoms with van der Waals surface area (Å²) in [6.07, 6.45) is 0.226. The van der Waals surface area contributed by atoms with E-state index in [4.69, 9.17) is 0 Å². The molecular weight excluding hydrogens is 268 g/mol. The highest BCUT2D eigenvalue weighted by Crippen LogP contribution is 2.42. The molecule has 1 amide bonds. The van der Waals surface area contributed by atoms with Crippen molar-refractivity contribution in [1.82, 2.24) is 4.57 Å². The second kappa shape index (κ2) is 4.08. The Hall–Kier alpha value is -2.83. The third kappa shape index (κ3) is 1.57. The van der Waals surface area contributed by atoms with Crippen LogP contribution >= 0.6 is 0 Å². The maximum atomic E-state index is 12.5. The lowest BCUT2D eigenvalue weighted by Gasteiger charge is -2.22. The number of azo groups is 1. The van der Waals surface area contributed by atoms with E-state index >= 15 is 0 Å². The molecule has 7 heteroatoms. The fourth-order valence-electron chi connectivity index (χ4n) is 2.71. The lowest BCUT2D eigenvalue weighted by molar-refractivity contribution is -0.116. The van der Waals surface area contributed by atoms with E-state index in [1.165, 1.54) is 4.90 Å². The first kappa shape index (κ1) is 12.0. The first-order valence-corrected chi connectivity index (χ1v) is 6.60. The van der Waals surface area contributed by atoms with Gasteiger partial charge in [-0.15, -0.1) is 15.3 Å². The van der Waals surface area contributed by atoms with Crippen LogP contribution in [0.2, 0.25) is 0 Å². The van der Waals surface area contributed by atoms with Gasteiger partial charge >= 0.3 is 0 Å². The summed E-state index contributed by atoms with van der Waals surface area (Å²) in [4.78, 5) is 14.0. The lowest BCUT2D eigenvalue weighted by Crippen LogP contribution is -2.38. The van der Waals surface area contributed by atoms with Crippen molar-refractivity contribution in [3.05, 3.63) is 24.3 Å². The summed E-state index contributed by atoms with van der Waals surface area (Å²) >= 11 is 0. The molecule has 0 fully saturated rings. The lowest BCUT2D eigenvalue weighted by atomic mass is 10.2. The molecule has 0 aliphatic carbocycles. The standard InChI is InChI=1S/C14H12N6O/c1-8-7-11(21)20-13-12(16-18-14(20)17-15-8)9-5-3-4-6-10(9)19(13)2/h3-6H,7H2,1-2H3. The number of hydrogen-bond donors (Lipinski definition) is 0. The van der Waals surface area contributed by atoms with Crippen LogP contribution in [0, 0.1) is 0 Å². The number of guanidine groups is 1. The van der Waals surface area contributed by atoms with Gasteiger partial charge in [0.2, 0.25) is 5.91 Å². The number of hydrogen-bond acceptors (Lipinski definition) is 5. The van der Waals surface area contributed by atoms with E-state index in [0.29, 0.717) is 17.2 Å². The van der Waals surface area contributed by atoms with Gasteiger partial charge in [-0.3, -0.25) is 4.79 Å². The molecule has 0 unspecified atom stereocenters. The third-order valence-corrected chi connectivity index (χ3v) is 3.67. The molecule has 0 atom stereocenters. The Morgan fingerprint density at radius 2 is 1.95 bits per heavy atom. The van der Waals surface area contributed by atoms with Crippen molar-refractivity contribution in [2.75, 3.05) is 4.90 Å². The highest BCUT2D eigenvalue weighted by Gasteiger charge is 2.33. The Morgan fingerprint density at radius 1 is 1.14 bits per heavy atom. The molecule has 0 spiro atoms. The normalized spacial score (nSPS) is 17.2. The number of carbonyl (C=O) groups is 1. The van der Waals surface area contributed by atoms with Crippen LogP contribution < -0.4 is 4.90 Å². The summed E-state index contributed by atoms with van der Waals surface area (Å²) in [6, 6.07) is 7.86. The van der Waals surface area contributed by atoms with E-state index in [0.717, 1.165) is 10.9 Å². The number of aryl methyl sites for hydroxylation is 1. The van der Waals surface area contributed by atoms with Gasteiger partial charge < -0.3 is 4.57 Å². The molecule has 2 aromatic rings. The maximum Gasteiger partial charge on any atom is 0.277 e. The zero-order valence-electron chi connectivity index (χ0n) is 11.6. The number of anilines is 1. The molecule has 4 rings (SSSR count). The van der Waals surface area contributed by atoms with Crippen molar-refractivity contribution in [1.29, 1.82) is 0 Å². The van der Waals surface area contributed by atoms with Gasteiger partial charge in [-0.25, -0.2) is 4.90 Å². The maximum absolute atomic E-state index is 12.5. The Bertz CT molecular complexity index is 873. The average molecular weight is 280 g/mol. The number of carbonyl (C=O) groups excluding carboxylic acids is 1. The molecule has 21 heavy (non-hydrogen) atoms. The summed E-state index contributed by atoms with van der Waals surface area (Å²) in [5.41, 5.74) is 2.36. The Morgan fingerprint density at radius 3 is 2.81 bits per heavy atom. The van der Waals surface area contributed by atoms with E-state index in [2.05, 4.69) is 20.4 Å². The Balaban J connectivity index is 2.03. The SMILES string of the molecule is CC1=NN=C2N=Nc3c(n(C)c4ccccc34)N2C(=O)C1. The number of aromatic nitrogens is 1. The minimum atomic E-state index is -0.0988. The molecule has 2 aliphatic heterocycles. The summed E-state index contributed by atoms with van der Waals surface area (Å²) in [7, 11) is 1.91. The molecule has 3 heterocycles. The number of nitrogens with zero attached hydrogens (tertiary/aromatic N) is 6. The van der Waals surface area contributed by atoms with Crippen LogP contribution in [0.15, 0.2) is 44.7 Å². The van der Waals surface area contributed by atoms with Crippen molar-refractivity contribution in [3.63, 3.8) is 0 Å². The summed E-state index contributed by atoms with van der Waals surface area (Å²) in [6.45, 7) is 1.78. The Kier molecular flexibility index (Phi) is 2.32. The second-order valence-corrected chi connectivity index (χ2v) is 5.09. The molecular formula is C14H12N6O. The first-order valence-electron chi connectivity index (χ1n) is 6.60. The van der Waals surface area contributed by atoms with Crippen molar-refractivity contribution >= 4 is 40.0 Å². The van der Waals surface area contributed by atoms with Crippen LogP contribution in [0.5, 0.6) is 0 Å². The molecule has 0 saturated heterocycles. The minimum Gasteiger partial charge on any atom is -0.328 e. The van der Waals surface area contributed by atoms with E-state index in [-0.39, 0.29) is 18.3 Å². The molecule has 1 aromatic heterocycles. The smallest absolute Gasteiger partial charge is 0.277 e. The van der Waals surface area contributed by atoms with Gasteiger partial charge in [0.05, 0.1) is 11.9 Å². The summed E-state index contributed by atoms with van der Waals surface area (Å²) in [5, 5.41) is 17.3. The number of benzene rings is 1. The van der Waals surface area contributed by atoms with Crippen LogP contribution in [0.25, 0.3) is 10.9 Å². The topological polar surface area (TPSA) is 74.7 Å². The van der Waals surface area contributed by atoms with Crippen LogP contribution in [-0.2, 0) is 11.8 Å². The van der Waals surface area contributed by atoms with Gasteiger partial charge in [0.25, 0.3) is 5.96 Å². The van der Waals surface area contributed by atoms with E-state index in [9.17, 15) is 4.79 Å². The van der Waals surface area contributed by atoms with E-state index < -0.39 is 0 Å². The molecule has 7 nitrogen and oxygen atoms in total. The molecule has 0 N–H and O–H groups in total. The first-order chi connectivity index (χ1) is 10.2. The zero-order chi connectivity index (χ0) is 14.6. The van der Waals surface area contributed by atoms with Gasteiger partial charge in [-0.1, -0.05) is 18.2 Å². The largest absolute Gasteiger partial charge is 0.328 e. The van der Waals surface area contributed by atoms with Gasteiger partial charge in [0.1, 0.15) is 5.69 Å². The predicted octanol–water partition coefficient (Wildman–Crippen LogP) is 2.74. The molecule has 0 bridgehead atoms. The monoisotopic (exact) mass is 280 g/mol. The van der Waals surface area contributed by atoms with Crippen molar-refractivity contribution in [2.24, 2.45) is 27.5 Å². The van der Waals surface area contributed by atoms with Crippen molar-refractivity contribution in [3.8, 4) is 0 Å². The van der Waals surface area contributed by atoms with Gasteiger partial charge in [-0.2, -0.15) is 5.10 Å². The summed E-state index contributed by atoms with van der Waals surface area (Å²) < 4.78 is 1.94. The van der Waals surface area contributed by atoms with Gasteiger partial charge in [0.15, 0.2) is 5.82 Å². The Labute approximate surface area is 120 Å². The zero-order valence-corrected chi connectivity index (χ0v) is 11.6. The van der Waals surface area contributed by atoms with Crippen LogP contribution in [-0.4, -0.2) is 22.1 Å². The van der Waals surface area contributed by atoms with Crippen molar-refractivity contribution in [2.45, 2.75) is 13.3 Å². The van der Waals surface area contributed by atoms with E-state index in [1.807, 2.05) is 35.9 Å².